The molecule has 0 spiro atoms. The fraction of sp³-hybridized carbons (Fsp3) is 0.583. The molecule has 0 radical (unpaired) electrons. The first kappa shape index (κ1) is 12.8. The Labute approximate surface area is 107 Å². The highest BCUT2D eigenvalue weighted by Crippen LogP contribution is 2.20. The molecule has 0 unspecified atom stereocenters. The number of nitrogens with zero attached hydrogens (tertiary/aromatic N) is 3. The van der Waals surface area contributed by atoms with E-state index in [2.05, 4.69) is 20.2 Å². The van der Waals surface area contributed by atoms with Crippen LogP contribution in [0.3, 0.4) is 0 Å². The van der Waals surface area contributed by atoms with Crippen molar-refractivity contribution in [2.24, 2.45) is 11.7 Å². The summed E-state index contributed by atoms with van der Waals surface area (Å²) in [7, 11) is 1.68. The van der Waals surface area contributed by atoms with Crippen LogP contribution in [0.25, 0.3) is 0 Å². The summed E-state index contributed by atoms with van der Waals surface area (Å²) in [6.45, 7) is 2.10. The van der Waals surface area contributed by atoms with Crippen LogP contribution >= 0.6 is 0 Å². The van der Waals surface area contributed by atoms with E-state index in [1.807, 2.05) is 0 Å². The Morgan fingerprint density at radius 3 is 2.56 bits per heavy atom. The highest BCUT2D eigenvalue weighted by atomic mass is 16.1. The van der Waals surface area contributed by atoms with Crippen molar-refractivity contribution < 1.29 is 4.79 Å². The second-order valence-corrected chi connectivity index (χ2v) is 4.47. The van der Waals surface area contributed by atoms with Gasteiger partial charge >= 0.3 is 0 Å². The first-order valence-corrected chi connectivity index (χ1v) is 6.22. The molecule has 0 aromatic carbocycles. The fourth-order valence-electron chi connectivity index (χ4n) is 2.16. The van der Waals surface area contributed by atoms with E-state index in [0.717, 1.165) is 37.4 Å². The molecule has 1 aliphatic rings. The summed E-state index contributed by atoms with van der Waals surface area (Å²) >= 11 is 0. The smallest absolute Gasteiger partial charge is 0.225 e. The molecule has 0 aliphatic carbocycles. The lowest BCUT2D eigenvalue weighted by Crippen LogP contribution is -2.40. The van der Waals surface area contributed by atoms with Crippen LogP contribution in [0.15, 0.2) is 12.4 Å². The average Bonchev–Trinajstić information content (AvgIpc) is 2.47. The lowest BCUT2D eigenvalue weighted by molar-refractivity contribution is -0.125. The van der Waals surface area contributed by atoms with E-state index < -0.39 is 0 Å². The van der Waals surface area contributed by atoms with Crippen molar-refractivity contribution in [3.63, 3.8) is 0 Å². The third-order valence-electron chi connectivity index (χ3n) is 3.32. The van der Waals surface area contributed by atoms with Gasteiger partial charge in [0.25, 0.3) is 0 Å². The van der Waals surface area contributed by atoms with E-state index in [1.165, 1.54) is 0 Å². The quantitative estimate of drug-likeness (QED) is 0.781. The molecular formula is C12H19N5O. The maximum Gasteiger partial charge on any atom is 0.225 e. The zero-order valence-electron chi connectivity index (χ0n) is 10.6. The van der Waals surface area contributed by atoms with E-state index in [0.29, 0.717) is 6.54 Å². The van der Waals surface area contributed by atoms with E-state index in [4.69, 9.17) is 5.73 Å². The van der Waals surface area contributed by atoms with Crippen molar-refractivity contribution in [3.8, 4) is 0 Å². The molecule has 2 heterocycles. The van der Waals surface area contributed by atoms with Gasteiger partial charge in [-0.2, -0.15) is 0 Å². The number of nitrogens with one attached hydrogen (secondary N) is 1. The molecule has 18 heavy (non-hydrogen) atoms. The summed E-state index contributed by atoms with van der Waals surface area (Å²) in [5.41, 5.74) is 6.44. The van der Waals surface area contributed by atoms with Crippen LogP contribution in [-0.4, -0.2) is 36.0 Å². The minimum Gasteiger partial charge on any atom is -0.359 e. The van der Waals surface area contributed by atoms with Gasteiger partial charge in [0.05, 0.1) is 0 Å². The molecule has 2 rings (SSSR count). The number of hydrogen-bond acceptors (Lipinski definition) is 5. The standard InChI is InChI=1S/C12H19N5O/c1-14-11(18)10-2-4-17(5-3-10)12-15-7-9(6-13)8-16-12/h7-8,10H,2-6,13H2,1H3,(H,14,18). The Morgan fingerprint density at radius 2 is 2.06 bits per heavy atom. The highest BCUT2D eigenvalue weighted by molar-refractivity contribution is 5.78. The van der Waals surface area contributed by atoms with Gasteiger partial charge in [-0.15, -0.1) is 0 Å². The second-order valence-electron chi connectivity index (χ2n) is 4.47. The molecule has 1 amide bonds. The maximum absolute atomic E-state index is 11.5. The monoisotopic (exact) mass is 249 g/mol. The summed E-state index contributed by atoms with van der Waals surface area (Å²) < 4.78 is 0. The van der Waals surface area contributed by atoms with Crippen LogP contribution in [0.4, 0.5) is 5.95 Å². The summed E-state index contributed by atoms with van der Waals surface area (Å²) in [5.74, 6) is 0.978. The predicted molar refractivity (Wildman–Crippen MR) is 68.9 cm³/mol. The first-order valence-electron chi connectivity index (χ1n) is 6.22. The summed E-state index contributed by atoms with van der Waals surface area (Å²) in [6, 6.07) is 0. The number of hydrogen-bond donors (Lipinski definition) is 2. The van der Waals surface area contributed by atoms with Crippen molar-refractivity contribution in [2.75, 3.05) is 25.0 Å². The Hall–Kier alpha value is -1.69. The van der Waals surface area contributed by atoms with Crippen LogP contribution in [0, 0.1) is 5.92 Å². The van der Waals surface area contributed by atoms with Crippen molar-refractivity contribution in [1.82, 2.24) is 15.3 Å². The van der Waals surface area contributed by atoms with Crippen LogP contribution in [0.1, 0.15) is 18.4 Å². The minimum absolute atomic E-state index is 0.120. The molecule has 1 aliphatic heterocycles. The number of rotatable bonds is 3. The molecule has 0 bridgehead atoms. The predicted octanol–water partition coefficient (Wildman–Crippen LogP) is -0.102. The zero-order valence-corrected chi connectivity index (χ0v) is 10.6. The van der Waals surface area contributed by atoms with Crippen LogP contribution in [0.5, 0.6) is 0 Å². The molecule has 3 N–H and O–H groups in total. The van der Waals surface area contributed by atoms with Crippen molar-refractivity contribution in [3.05, 3.63) is 18.0 Å². The van der Waals surface area contributed by atoms with Crippen molar-refractivity contribution in [2.45, 2.75) is 19.4 Å². The van der Waals surface area contributed by atoms with Crippen molar-refractivity contribution >= 4 is 11.9 Å². The first-order chi connectivity index (χ1) is 8.74. The Kier molecular flexibility index (Phi) is 4.09. The number of nitrogens with two attached hydrogens (primary N) is 1. The molecule has 1 fully saturated rings. The Bertz CT molecular complexity index is 397. The number of aromatic nitrogens is 2. The zero-order chi connectivity index (χ0) is 13.0. The molecule has 1 aromatic rings. The van der Waals surface area contributed by atoms with Crippen molar-refractivity contribution in [1.29, 1.82) is 0 Å². The van der Waals surface area contributed by atoms with Gasteiger partial charge in [0.15, 0.2) is 0 Å². The van der Waals surface area contributed by atoms with E-state index >= 15 is 0 Å². The third kappa shape index (κ3) is 2.76. The Morgan fingerprint density at radius 1 is 1.44 bits per heavy atom. The topological polar surface area (TPSA) is 84.1 Å². The molecule has 1 saturated heterocycles. The maximum atomic E-state index is 11.5. The molecule has 98 valence electrons. The number of anilines is 1. The van der Waals surface area contributed by atoms with Gasteiger partial charge in [-0.3, -0.25) is 4.79 Å². The second kappa shape index (κ2) is 5.77. The normalized spacial score (nSPS) is 16.7. The minimum atomic E-state index is 0.120. The van der Waals surface area contributed by atoms with Gasteiger partial charge in [-0.1, -0.05) is 0 Å². The van der Waals surface area contributed by atoms with Gasteiger partial charge in [-0.25, -0.2) is 9.97 Å². The van der Waals surface area contributed by atoms with E-state index in [1.54, 1.807) is 19.4 Å². The number of amides is 1. The molecule has 6 heteroatoms. The van der Waals surface area contributed by atoms with Gasteiger partial charge in [0.2, 0.25) is 11.9 Å². The molecule has 6 nitrogen and oxygen atoms in total. The lowest BCUT2D eigenvalue weighted by atomic mass is 9.96. The van der Waals surface area contributed by atoms with Crippen LogP contribution in [-0.2, 0) is 11.3 Å². The SMILES string of the molecule is CNC(=O)C1CCN(c2ncc(CN)cn2)CC1. The molecule has 0 saturated carbocycles. The molecular weight excluding hydrogens is 230 g/mol. The van der Waals surface area contributed by atoms with E-state index in [9.17, 15) is 4.79 Å². The lowest BCUT2D eigenvalue weighted by Gasteiger charge is -2.31. The average molecular weight is 249 g/mol. The Balaban J connectivity index is 1.94. The van der Waals surface area contributed by atoms with Gasteiger partial charge < -0.3 is 16.0 Å². The van der Waals surface area contributed by atoms with Crippen LogP contribution < -0.4 is 16.0 Å². The van der Waals surface area contributed by atoms with E-state index in [-0.39, 0.29) is 11.8 Å². The highest BCUT2D eigenvalue weighted by Gasteiger charge is 2.25. The van der Waals surface area contributed by atoms with Gasteiger partial charge in [-0.05, 0) is 12.8 Å². The van der Waals surface area contributed by atoms with Gasteiger partial charge in [0, 0.05) is 50.6 Å². The largest absolute Gasteiger partial charge is 0.359 e. The number of carbonyl (C=O) groups is 1. The summed E-state index contributed by atoms with van der Waals surface area (Å²) in [5, 5.41) is 2.70. The van der Waals surface area contributed by atoms with Gasteiger partial charge in [0.1, 0.15) is 0 Å². The third-order valence-corrected chi connectivity index (χ3v) is 3.32. The molecule has 1 aromatic heterocycles. The van der Waals surface area contributed by atoms with Crippen LogP contribution in [0.2, 0.25) is 0 Å². The number of carbonyl (C=O) groups excluding carboxylic acids is 1. The summed E-state index contributed by atoms with van der Waals surface area (Å²) in [6.07, 6.45) is 5.21. The number of piperidine rings is 1. The summed E-state index contributed by atoms with van der Waals surface area (Å²) in [4.78, 5) is 22.2. The molecule has 0 atom stereocenters. The fourth-order valence-corrected chi connectivity index (χ4v) is 2.16.